The van der Waals surface area contributed by atoms with Gasteiger partial charge in [-0.05, 0) is 33.8 Å². The van der Waals surface area contributed by atoms with E-state index in [0.717, 1.165) is 0 Å². The number of fused-ring (bicyclic) bond motifs is 1. The first kappa shape index (κ1) is 14.4. The molecular weight excluding hydrogens is 264 g/mol. The highest BCUT2D eigenvalue weighted by Gasteiger charge is 2.71. The van der Waals surface area contributed by atoms with Gasteiger partial charge in [-0.3, -0.25) is 0 Å². The van der Waals surface area contributed by atoms with Gasteiger partial charge in [-0.25, -0.2) is 0 Å². The van der Waals surface area contributed by atoms with Gasteiger partial charge in [-0.1, -0.05) is 6.58 Å². The van der Waals surface area contributed by atoms with Crippen LogP contribution in [0.4, 0.5) is 0 Å². The zero-order valence-corrected chi connectivity index (χ0v) is 12.3. The quantitative estimate of drug-likeness (QED) is 0.762. The molecule has 1 unspecified atom stereocenters. The predicted molar refractivity (Wildman–Crippen MR) is 68.8 cm³/mol. The van der Waals surface area contributed by atoms with Gasteiger partial charge >= 0.3 is 0 Å². The van der Waals surface area contributed by atoms with Crippen molar-refractivity contribution in [3.63, 3.8) is 0 Å². The SMILES string of the molecule is C=CC1(O)OC[C@@]2([C@@H]3COC(C)(C)O3)OC(C)(C)O[C@H]12. The van der Waals surface area contributed by atoms with Gasteiger partial charge in [0.05, 0.1) is 13.2 Å². The van der Waals surface area contributed by atoms with Gasteiger partial charge in [-0.15, -0.1) is 0 Å². The topological polar surface area (TPSA) is 66.4 Å². The fourth-order valence-corrected chi connectivity index (χ4v) is 3.18. The van der Waals surface area contributed by atoms with E-state index < -0.39 is 29.1 Å². The minimum Gasteiger partial charge on any atom is -0.360 e. The van der Waals surface area contributed by atoms with Gasteiger partial charge in [0.15, 0.2) is 23.3 Å². The molecule has 20 heavy (non-hydrogen) atoms. The average Bonchev–Trinajstić information content (AvgIpc) is 2.92. The van der Waals surface area contributed by atoms with Crippen molar-refractivity contribution in [2.45, 2.75) is 62.9 Å². The predicted octanol–water partition coefficient (Wildman–Crippen LogP) is 0.933. The Labute approximate surface area is 118 Å². The van der Waals surface area contributed by atoms with Gasteiger partial charge in [0.2, 0.25) is 5.79 Å². The van der Waals surface area contributed by atoms with Crippen LogP contribution >= 0.6 is 0 Å². The Kier molecular flexibility index (Phi) is 2.91. The van der Waals surface area contributed by atoms with Crippen LogP contribution in [0.3, 0.4) is 0 Å². The van der Waals surface area contributed by atoms with Crippen LogP contribution in [0.1, 0.15) is 27.7 Å². The lowest BCUT2D eigenvalue weighted by Crippen LogP contribution is -2.55. The summed E-state index contributed by atoms with van der Waals surface area (Å²) >= 11 is 0. The van der Waals surface area contributed by atoms with E-state index in [1.807, 2.05) is 13.8 Å². The van der Waals surface area contributed by atoms with E-state index >= 15 is 0 Å². The van der Waals surface area contributed by atoms with Crippen LogP contribution in [0.5, 0.6) is 0 Å². The highest BCUT2D eigenvalue weighted by atomic mass is 16.8. The second-order valence-electron chi connectivity index (χ2n) is 6.52. The molecule has 0 aliphatic carbocycles. The molecule has 3 aliphatic heterocycles. The van der Waals surface area contributed by atoms with Crippen molar-refractivity contribution in [1.29, 1.82) is 0 Å². The Balaban J connectivity index is 1.96. The van der Waals surface area contributed by atoms with E-state index in [2.05, 4.69) is 6.58 Å². The lowest BCUT2D eigenvalue weighted by atomic mass is 9.89. The molecule has 0 aromatic carbocycles. The van der Waals surface area contributed by atoms with Crippen LogP contribution < -0.4 is 0 Å². The Morgan fingerprint density at radius 1 is 1.10 bits per heavy atom. The molecule has 3 fully saturated rings. The largest absolute Gasteiger partial charge is 0.360 e. The molecule has 6 nitrogen and oxygen atoms in total. The third-order valence-electron chi connectivity index (χ3n) is 4.03. The molecule has 3 rings (SSSR count). The lowest BCUT2D eigenvalue weighted by Gasteiger charge is -2.32. The van der Waals surface area contributed by atoms with Crippen LogP contribution in [-0.2, 0) is 23.7 Å². The average molecular weight is 286 g/mol. The number of aliphatic hydroxyl groups is 1. The molecule has 0 aromatic rings. The molecule has 0 radical (unpaired) electrons. The number of rotatable bonds is 2. The van der Waals surface area contributed by atoms with Gasteiger partial charge in [0.25, 0.3) is 0 Å². The number of hydrogen-bond acceptors (Lipinski definition) is 6. The molecule has 0 amide bonds. The van der Waals surface area contributed by atoms with Crippen molar-refractivity contribution < 1.29 is 28.8 Å². The normalized spacial score (nSPS) is 49.2. The molecule has 114 valence electrons. The van der Waals surface area contributed by atoms with Crippen molar-refractivity contribution in [1.82, 2.24) is 0 Å². The first-order chi connectivity index (χ1) is 9.13. The molecule has 6 heteroatoms. The molecule has 4 atom stereocenters. The first-order valence-electron chi connectivity index (χ1n) is 6.82. The Bertz CT molecular complexity index is 433. The summed E-state index contributed by atoms with van der Waals surface area (Å²) in [5.41, 5.74) is -0.903. The van der Waals surface area contributed by atoms with Crippen molar-refractivity contribution in [2.24, 2.45) is 0 Å². The first-order valence-corrected chi connectivity index (χ1v) is 6.82. The maximum absolute atomic E-state index is 10.5. The van der Waals surface area contributed by atoms with E-state index in [-0.39, 0.29) is 12.7 Å². The monoisotopic (exact) mass is 286 g/mol. The third kappa shape index (κ3) is 1.94. The van der Waals surface area contributed by atoms with Gasteiger partial charge in [0.1, 0.15) is 6.10 Å². The van der Waals surface area contributed by atoms with Crippen LogP contribution in [0.2, 0.25) is 0 Å². The summed E-state index contributed by atoms with van der Waals surface area (Å²) in [6.07, 6.45) is 0.258. The van der Waals surface area contributed by atoms with Crippen molar-refractivity contribution in [3.8, 4) is 0 Å². The summed E-state index contributed by atoms with van der Waals surface area (Å²) in [5, 5.41) is 10.5. The standard InChI is InChI=1S/C14H22O6/c1-6-14(15)10-13(8-17-14,20-12(4,5)19-10)9-7-16-11(2,3)18-9/h6,9-10,15H,1,7-8H2,2-5H3/t9-,10-,13-,14?/m0/s1. The lowest BCUT2D eigenvalue weighted by molar-refractivity contribution is -0.247. The number of ether oxygens (including phenoxy) is 5. The Morgan fingerprint density at radius 3 is 2.35 bits per heavy atom. The second-order valence-corrected chi connectivity index (χ2v) is 6.52. The fraction of sp³-hybridized carbons (Fsp3) is 0.857. The minimum absolute atomic E-state index is 0.160. The van der Waals surface area contributed by atoms with Crippen LogP contribution in [0.25, 0.3) is 0 Å². The van der Waals surface area contributed by atoms with Gasteiger partial charge in [-0.2, -0.15) is 0 Å². The zero-order valence-electron chi connectivity index (χ0n) is 12.3. The molecule has 3 aliphatic rings. The van der Waals surface area contributed by atoms with E-state index in [1.54, 1.807) is 13.8 Å². The van der Waals surface area contributed by atoms with Crippen molar-refractivity contribution >= 4 is 0 Å². The summed E-state index contributed by atoms with van der Waals surface area (Å²) in [4.78, 5) is 0. The molecule has 0 aromatic heterocycles. The molecule has 0 spiro atoms. The summed E-state index contributed by atoms with van der Waals surface area (Å²) in [6, 6.07) is 0. The van der Waals surface area contributed by atoms with Crippen molar-refractivity contribution in [2.75, 3.05) is 13.2 Å². The maximum Gasteiger partial charge on any atom is 0.215 e. The Morgan fingerprint density at radius 2 is 1.80 bits per heavy atom. The molecule has 0 bridgehead atoms. The zero-order chi connectivity index (χ0) is 14.8. The molecular formula is C14H22O6. The van der Waals surface area contributed by atoms with Crippen LogP contribution in [0.15, 0.2) is 12.7 Å². The molecule has 1 N–H and O–H groups in total. The summed E-state index contributed by atoms with van der Waals surface area (Å²) < 4.78 is 29.0. The van der Waals surface area contributed by atoms with E-state index in [0.29, 0.717) is 6.61 Å². The van der Waals surface area contributed by atoms with Gasteiger partial charge in [0, 0.05) is 0 Å². The summed E-state index contributed by atoms with van der Waals surface area (Å²) in [6.45, 7) is 11.4. The number of hydrogen-bond donors (Lipinski definition) is 1. The minimum atomic E-state index is -1.58. The maximum atomic E-state index is 10.5. The van der Waals surface area contributed by atoms with Crippen LogP contribution in [0, 0.1) is 0 Å². The van der Waals surface area contributed by atoms with E-state index in [1.165, 1.54) is 6.08 Å². The Hall–Kier alpha value is -0.500. The fourth-order valence-electron chi connectivity index (χ4n) is 3.18. The molecule has 3 heterocycles. The summed E-state index contributed by atoms with van der Waals surface area (Å²) in [7, 11) is 0. The molecule has 3 saturated heterocycles. The van der Waals surface area contributed by atoms with Crippen LogP contribution in [-0.4, -0.2) is 53.5 Å². The summed E-state index contributed by atoms with van der Waals surface area (Å²) in [5.74, 6) is -3.10. The third-order valence-corrected chi connectivity index (χ3v) is 4.03. The second kappa shape index (κ2) is 4.03. The molecule has 0 saturated carbocycles. The van der Waals surface area contributed by atoms with E-state index in [4.69, 9.17) is 23.7 Å². The highest BCUT2D eigenvalue weighted by Crippen LogP contribution is 2.51. The van der Waals surface area contributed by atoms with Crippen molar-refractivity contribution in [3.05, 3.63) is 12.7 Å². The highest BCUT2D eigenvalue weighted by molar-refractivity contribution is 5.17. The van der Waals surface area contributed by atoms with E-state index in [9.17, 15) is 5.11 Å². The smallest absolute Gasteiger partial charge is 0.215 e. The van der Waals surface area contributed by atoms with Gasteiger partial charge < -0.3 is 28.8 Å².